The van der Waals surface area contributed by atoms with E-state index in [2.05, 4.69) is 4.98 Å². The lowest BCUT2D eigenvalue weighted by Gasteiger charge is -2.32. The molecule has 0 spiro atoms. The van der Waals surface area contributed by atoms with Crippen LogP contribution in [-0.4, -0.2) is 35.3 Å². The van der Waals surface area contributed by atoms with Gasteiger partial charge in [0.2, 0.25) is 0 Å². The molecule has 0 N–H and O–H groups in total. The Morgan fingerprint density at radius 2 is 1.49 bits per heavy atom. The molecule has 4 rings (SSSR count). The molecule has 0 aliphatic rings. The van der Waals surface area contributed by atoms with Crippen LogP contribution >= 0.6 is 0 Å². The second-order valence-electron chi connectivity index (χ2n) is 10.5. The van der Waals surface area contributed by atoms with Crippen molar-refractivity contribution in [2.24, 2.45) is 0 Å². The Labute approximate surface area is 241 Å². The van der Waals surface area contributed by atoms with E-state index < -0.39 is 23.7 Å². The van der Waals surface area contributed by atoms with Crippen molar-refractivity contribution >= 4 is 17.7 Å². The lowest BCUT2D eigenvalue weighted by molar-refractivity contribution is -0.144. The van der Waals surface area contributed by atoms with Gasteiger partial charge in [-0.25, -0.2) is 9.59 Å². The second kappa shape index (κ2) is 13.6. The summed E-state index contributed by atoms with van der Waals surface area (Å²) in [5.41, 5.74) is 3.14. The Morgan fingerprint density at radius 3 is 2.10 bits per heavy atom. The topological polar surface area (TPSA) is 78.0 Å². The monoisotopic (exact) mass is 552 g/mol. The lowest BCUT2D eigenvalue weighted by Crippen LogP contribution is -2.49. The van der Waals surface area contributed by atoms with E-state index in [0.29, 0.717) is 18.0 Å². The summed E-state index contributed by atoms with van der Waals surface area (Å²) in [5, 5.41) is 0. The van der Waals surface area contributed by atoms with E-state index in [9.17, 15) is 9.59 Å². The second-order valence-corrected chi connectivity index (χ2v) is 10.5. The Balaban J connectivity index is 1.65. The molecule has 3 aromatic carbocycles. The summed E-state index contributed by atoms with van der Waals surface area (Å²) in [6.07, 6.45) is 1.23. The molecule has 0 saturated carbocycles. The number of hydrogen-bond acceptors (Lipinski definition) is 6. The smallest absolute Gasteiger partial charge is 0.415 e. The van der Waals surface area contributed by atoms with Crippen LogP contribution in [0.5, 0.6) is 5.75 Å². The summed E-state index contributed by atoms with van der Waals surface area (Å²) in [5.74, 6) is 0.217. The van der Waals surface area contributed by atoms with Gasteiger partial charge in [-0.05, 0) is 75.2 Å². The molecule has 0 unspecified atom stereocenters. The van der Waals surface area contributed by atoms with E-state index >= 15 is 0 Å². The zero-order valence-electron chi connectivity index (χ0n) is 23.9. The van der Waals surface area contributed by atoms with Gasteiger partial charge in [-0.1, -0.05) is 60.7 Å². The summed E-state index contributed by atoms with van der Waals surface area (Å²) in [6, 6.07) is 29.6. The van der Waals surface area contributed by atoms with Crippen molar-refractivity contribution in [3.05, 3.63) is 114 Å². The summed E-state index contributed by atoms with van der Waals surface area (Å²) in [6.45, 7) is 7.77. The highest BCUT2D eigenvalue weighted by Crippen LogP contribution is 2.28. The molecular weight excluding hydrogens is 516 g/mol. The fourth-order valence-corrected chi connectivity index (χ4v) is 4.27. The van der Waals surface area contributed by atoms with Crippen LogP contribution in [0.25, 0.3) is 11.3 Å². The van der Waals surface area contributed by atoms with Crippen molar-refractivity contribution in [2.75, 3.05) is 11.5 Å². The Hall–Kier alpha value is -4.65. The van der Waals surface area contributed by atoms with Crippen LogP contribution in [0.15, 0.2) is 103 Å². The first-order chi connectivity index (χ1) is 19.7. The molecule has 41 heavy (non-hydrogen) atoms. The fraction of sp³-hybridized carbons (Fsp3) is 0.265. The number of rotatable bonds is 10. The van der Waals surface area contributed by atoms with E-state index in [1.54, 1.807) is 46.0 Å². The highest BCUT2D eigenvalue weighted by atomic mass is 16.6. The molecule has 0 aliphatic heterocycles. The van der Waals surface area contributed by atoms with E-state index in [4.69, 9.17) is 14.2 Å². The number of benzene rings is 3. The molecule has 0 radical (unpaired) electrons. The van der Waals surface area contributed by atoms with Crippen LogP contribution in [-0.2, 0) is 27.3 Å². The molecular formula is C34H36N2O5. The molecule has 7 heteroatoms. The molecule has 4 aromatic rings. The third-order valence-electron chi connectivity index (χ3n) is 6.15. The van der Waals surface area contributed by atoms with Gasteiger partial charge in [0.25, 0.3) is 0 Å². The predicted molar refractivity (Wildman–Crippen MR) is 160 cm³/mol. The van der Waals surface area contributed by atoms with Gasteiger partial charge < -0.3 is 14.2 Å². The summed E-state index contributed by atoms with van der Waals surface area (Å²) < 4.78 is 17.1. The van der Waals surface area contributed by atoms with Crippen molar-refractivity contribution < 1.29 is 23.8 Å². The standard InChI is InChI=1S/C34H36N2O5/c1-5-39-32(37)31(22-25-12-8-6-9-13-25)36(33(38)41-34(2,3)4)28-20-21-35-30(23-28)27-16-18-29(19-17-27)40-24-26-14-10-7-11-15-26/h6-21,23,31H,5,22,24H2,1-4H3/t31-/m0/s1. The number of ether oxygens (including phenoxy) is 3. The first-order valence-corrected chi connectivity index (χ1v) is 13.7. The third-order valence-corrected chi connectivity index (χ3v) is 6.15. The number of anilines is 1. The van der Waals surface area contributed by atoms with Crippen LogP contribution in [0.1, 0.15) is 38.8 Å². The van der Waals surface area contributed by atoms with E-state index in [-0.39, 0.29) is 13.0 Å². The lowest BCUT2D eigenvalue weighted by atomic mass is 10.0. The minimum absolute atomic E-state index is 0.187. The van der Waals surface area contributed by atoms with Gasteiger partial charge in [0, 0.05) is 18.2 Å². The van der Waals surface area contributed by atoms with Gasteiger partial charge in [0.15, 0.2) is 0 Å². The van der Waals surface area contributed by atoms with Gasteiger partial charge in [0.05, 0.1) is 18.0 Å². The van der Waals surface area contributed by atoms with E-state index in [1.807, 2.05) is 84.9 Å². The number of carbonyl (C=O) groups excluding carboxylic acids is 2. The average Bonchev–Trinajstić information content (AvgIpc) is 2.96. The quantitative estimate of drug-likeness (QED) is 0.193. The minimum atomic E-state index is -0.948. The Kier molecular flexibility index (Phi) is 9.74. The highest BCUT2D eigenvalue weighted by Gasteiger charge is 2.35. The Morgan fingerprint density at radius 1 is 0.854 bits per heavy atom. The number of nitrogens with zero attached hydrogens (tertiary/aromatic N) is 2. The molecule has 212 valence electrons. The molecule has 1 amide bonds. The molecule has 0 bridgehead atoms. The van der Waals surface area contributed by atoms with Crippen LogP contribution in [0.2, 0.25) is 0 Å². The number of carbonyl (C=O) groups is 2. The zero-order valence-corrected chi connectivity index (χ0v) is 23.9. The first kappa shape index (κ1) is 29.3. The predicted octanol–water partition coefficient (Wildman–Crippen LogP) is 7.24. The average molecular weight is 553 g/mol. The number of amides is 1. The Bertz CT molecular complexity index is 1420. The highest BCUT2D eigenvalue weighted by molar-refractivity contribution is 5.96. The summed E-state index contributed by atoms with van der Waals surface area (Å²) in [7, 11) is 0. The molecule has 7 nitrogen and oxygen atoms in total. The first-order valence-electron chi connectivity index (χ1n) is 13.7. The van der Waals surface area contributed by atoms with Gasteiger partial charge in [-0.3, -0.25) is 9.88 Å². The van der Waals surface area contributed by atoms with Gasteiger partial charge in [0.1, 0.15) is 24.0 Å². The van der Waals surface area contributed by atoms with Crippen molar-refractivity contribution in [1.82, 2.24) is 4.98 Å². The molecule has 1 heterocycles. The number of pyridine rings is 1. The summed E-state index contributed by atoms with van der Waals surface area (Å²) >= 11 is 0. The molecule has 0 saturated heterocycles. The van der Waals surface area contributed by atoms with Crippen molar-refractivity contribution in [3.8, 4) is 17.0 Å². The maximum Gasteiger partial charge on any atom is 0.415 e. The SMILES string of the molecule is CCOC(=O)[C@H](Cc1ccccc1)N(C(=O)OC(C)(C)C)c1ccnc(-c2ccc(OCc3ccccc3)cc2)c1. The molecule has 1 aromatic heterocycles. The largest absolute Gasteiger partial charge is 0.489 e. The van der Waals surface area contributed by atoms with Crippen molar-refractivity contribution in [3.63, 3.8) is 0 Å². The number of esters is 1. The normalized spacial score (nSPS) is 11.8. The maximum absolute atomic E-state index is 13.6. The fourth-order valence-electron chi connectivity index (χ4n) is 4.27. The van der Waals surface area contributed by atoms with Crippen molar-refractivity contribution in [1.29, 1.82) is 0 Å². The van der Waals surface area contributed by atoms with E-state index in [1.165, 1.54) is 4.90 Å². The van der Waals surface area contributed by atoms with Gasteiger partial charge in [-0.15, -0.1) is 0 Å². The van der Waals surface area contributed by atoms with Crippen LogP contribution in [0.3, 0.4) is 0 Å². The van der Waals surface area contributed by atoms with E-state index in [0.717, 1.165) is 22.4 Å². The molecule has 1 atom stereocenters. The molecule has 0 aliphatic carbocycles. The summed E-state index contributed by atoms with van der Waals surface area (Å²) in [4.78, 5) is 32.8. The minimum Gasteiger partial charge on any atom is -0.489 e. The van der Waals surface area contributed by atoms with Crippen LogP contribution < -0.4 is 9.64 Å². The van der Waals surface area contributed by atoms with Crippen LogP contribution in [0, 0.1) is 0 Å². The maximum atomic E-state index is 13.6. The molecule has 0 fully saturated rings. The van der Waals surface area contributed by atoms with Gasteiger partial charge in [-0.2, -0.15) is 0 Å². The zero-order chi connectivity index (χ0) is 29.2. The van der Waals surface area contributed by atoms with Gasteiger partial charge >= 0.3 is 12.1 Å². The van der Waals surface area contributed by atoms with Crippen LogP contribution in [0.4, 0.5) is 10.5 Å². The number of aromatic nitrogens is 1. The number of hydrogen-bond donors (Lipinski definition) is 0. The van der Waals surface area contributed by atoms with Crippen molar-refractivity contribution in [2.45, 2.75) is 52.4 Å². The third kappa shape index (κ3) is 8.42.